The highest BCUT2D eigenvalue weighted by molar-refractivity contribution is 7.92. The Morgan fingerprint density at radius 2 is 1.85 bits per heavy atom. The maximum absolute atomic E-state index is 12.6. The van der Waals surface area contributed by atoms with Crippen LogP contribution in [0, 0.1) is 5.41 Å². The highest BCUT2D eigenvalue weighted by Gasteiger charge is 2.32. The predicted molar refractivity (Wildman–Crippen MR) is 80.6 cm³/mol. The number of sulfonamides is 1. The predicted octanol–water partition coefficient (Wildman–Crippen LogP) is 2.85. The second-order valence-corrected chi connectivity index (χ2v) is 8.33. The molecule has 1 heterocycles. The Morgan fingerprint density at radius 1 is 1.20 bits per heavy atom. The number of nitrogens with zero attached hydrogens (tertiary/aromatic N) is 1. The first-order chi connectivity index (χ1) is 9.21. The summed E-state index contributed by atoms with van der Waals surface area (Å²) in [5, 5.41) is 0. The first kappa shape index (κ1) is 15.0. The zero-order chi connectivity index (χ0) is 15.0. The molecular weight excluding hydrogens is 274 g/mol. The van der Waals surface area contributed by atoms with Gasteiger partial charge in [-0.1, -0.05) is 32.9 Å². The third-order valence-electron chi connectivity index (χ3n) is 3.19. The molecule has 1 aliphatic rings. The monoisotopic (exact) mass is 295 g/mol. The van der Waals surface area contributed by atoms with Gasteiger partial charge in [0.25, 0.3) is 0 Å². The van der Waals surface area contributed by atoms with Crippen molar-refractivity contribution in [1.29, 1.82) is 0 Å². The summed E-state index contributed by atoms with van der Waals surface area (Å²) in [6, 6.07) is 6.98. The molecule has 0 fully saturated rings. The number of carbonyl (C=O) groups is 1. The number of benzene rings is 1. The molecule has 4 nitrogen and oxygen atoms in total. The quantitative estimate of drug-likeness (QED) is 0.843. The molecule has 0 unspecified atom stereocenters. The van der Waals surface area contributed by atoms with Gasteiger partial charge >= 0.3 is 0 Å². The molecule has 0 saturated heterocycles. The van der Waals surface area contributed by atoms with Gasteiger partial charge in [-0.3, -0.25) is 9.10 Å². The molecular formula is C15H21NO3S. The summed E-state index contributed by atoms with van der Waals surface area (Å²) in [4.78, 5) is 12.0. The fourth-order valence-electron chi connectivity index (χ4n) is 2.48. The van der Waals surface area contributed by atoms with Crippen LogP contribution < -0.4 is 4.31 Å². The number of carbonyl (C=O) groups excluding carboxylic acids is 1. The van der Waals surface area contributed by atoms with Crippen LogP contribution in [0.5, 0.6) is 0 Å². The van der Waals surface area contributed by atoms with E-state index in [-0.39, 0.29) is 17.0 Å². The van der Waals surface area contributed by atoms with Gasteiger partial charge in [-0.05, 0) is 24.0 Å². The van der Waals surface area contributed by atoms with Crippen molar-refractivity contribution in [2.24, 2.45) is 5.41 Å². The molecule has 5 heteroatoms. The maximum atomic E-state index is 12.6. The minimum atomic E-state index is -3.42. The lowest BCUT2D eigenvalue weighted by Gasteiger charge is -2.28. The van der Waals surface area contributed by atoms with Crippen LogP contribution in [0.3, 0.4) is 0 Å². The fraction of sp³-hybridized carbons (Fsp3) is 0.533. The Labute approximate surface area is 120 Å². The number of anilines is 1. The molecule has 0 radical (unpaired) electrons. The lowest BCUT2D eigenvalue weighted by molar-refractivity contribution is 0.0984. The molecule has 1 aliphatic heterocycles. The molecule has 110 valence electrons. The summed E-state index contributed by atoms with van der Waals surface area (Å²) in [6.07, 6.45) is 0.968. The average molecular weight is 295 g/mol. The van der Waals surface area contributed by atoms with Crippen LogP contribution in [-0.4, -0.2) is 26.5 Å². The summed E-state index contributed by atoms with van der Waals surface area (Å²) < 4.78 is 26.7. The van der Waals surface area contributed by atoms with Crippen molar-refractivity contribution in [1.82, 2.24) is 0 Å². The van der Waals surface area contributed by atoms with E-state index >= 15 is 0 Å². The Balaban J connectivity index is 2.47. The Bertz CT molecular complexity index is 614. The molecule has 0 aromatic heterocycles. The van der Waals surface area contributed by atoms with Crippen LogP contribution in [0.25, 0.3) is 0 Å². The molecule has 2 rings (SSSR count). The van der Waals surface area contributed by atoms with E-state index in [1.54, 1.807) is 24.3 Å². The van der Waals surface area contributed by atoms with Crippen molar-refractivity contribution in [3.8, 4) is 0 Å². The number of hydrogen-bond donors (Lipinski definition) is 0. The normalized spacial score (nSPS) is 16.8. The van der Waals surface area contributed by atoms with Crippen molar-refractivity contribution in [3.05, 3.63) is 29.8 Å². The zero-order valence-corrected chi connectivity index (χ0v) is 13.0. The molecule has 1 aromatic rings. The summed E-state index contributed by atoms with van der Waals surface area (Å²) in [6.45, 7) is 6.08. The third-order valence-corrected chi connectivity index (χ3v) is 5.47. The average Bonchev–Trinajstić information content (AvgIpc) is 2.47. The van der Waals surface area contributed by atoms with Crippen LogP contribution in [0.1, 0.15) is 44.0 Å². The lowest BCUT2D eigenvalue weighted by Crippen LogP contribution is -2.37. The van der Waals surface area contributed by atoms with E-state index in [9.17, 15) is 13.2 Å². The second kappa shape index (κ2) is 5.20. The van der Waals surface area contributed by atoms with Crippen LogP contribution in [0.15, 0.2) is 24.3 Å². The molecule has 0 bridgehead atoms. The number of para-hydroxylation sites is 1. The van der Waals surface area contributed by atoms with Crippen molar-refractivity contribution >= 4 is 21.5 Å². The fourth-order valence-corrected chi connectivity index (χ4v) is 4.60. The summed E-state index contributed by atoms with van der Waals surface area (Å²) >= 11 is 0. The number of Topliss-reactive ketones (excluding diaryl/α,β-unsaturated/α-hetero) is 1. The van der Waals surface area contributed by atoms with Crippen LogP contribution >= 0.6 is 0 Å². The number of hydrogen-bond acceptors (Lipinski definition) is 3. The minimum Gasteiger partial charge on any atom is -0.294 e. The lowest BCUT2D eigenvalue weighted by atomic mass is 10.0. The van der Waals surface area contributed by atoms with Gasteiger partial charge in [-0.15, -0.1) is 0 Å². The molecule has 0 atom stereocenters. The van der Waals surface area contributed by atoms with Crippen molar-refractivity contribution in [2.45, 2.75) is 33.6 Å². The van der Waals surface area contributed by atoms with E-state index in [1.807, 2.05) is 20.8 Å². The number of fused-ring (bicyclic) bond motifs is 1. The van der Waals surface area contributed by atoms with E-state index in [0.29, 0.717) is 30.6 Å². The maximum Gasteiger partial charge on any atom is 0.235 e. The highest BCUT2D eigenvalue weighted by atomic mass is 32.2. The minimum absolute atomic E-state index is 0.0223. The Kier molecular flexibility index (Phi) is 3.91. The standard InChI is InChI=1S/C15H21NO3S/c1-15(2,3)11-20(18,19)16-10-6-9-14(17)12-7-4-5-8-13(12)16/h4-5,7-8H,6,9-11H2,1-3H3. The molecule has 20 heavy (non-hydrogen) atoms. The van der Waals surface area contributed by atoms with Gasteiger partial charge in [0.1, 0.15) is 0 Å². The van der Waals surface area contributed by atoms with Gasteiger partial charge in [0.05, 0.1) is 11.4 Å². The van der Waals surface area contributed by atoms with Gasteiger partial charge in [0, 0.05) is 18.5 Å². The van der Waals surface area contributed by atoms with Gasteiger partial charge in [0.2, 0.25) is 10.0 Å². The zero-order valence-electron chi connectivity index (χ0n) is 12.2. The number of ketones is 1. The van der Waals surface area contributed by atoms with Gasteiger partial charge in [-0.2, -0.15) is 0 Å². The van der Waals surface area contributed by atoms with E-state index in [0.717, 1.165) is 0 Å². The summed E-state index contributed by atoms with van der Waals surface area (Å²) in [5.74, 6) is 0.0942. The first-order valence-corrected chi connectivity index (χ1v) is 8.44. The molecule has 0 N–H and O–H groups in total. The topological polar surface area (TPSA) is 54.5 Å². The van der Waals surface area contributed by atoms with E-state index < -0.39 is 10.0 Å². The van der Waals surface area contributed by atoms with Crippen molar-refractivity contribution < 1.29 is 13.2 Å². The number of rotatable bonds is 2. The van der Waals surface area contributed by atoms with Crippen LogP contribution in [-0.2, 0) is 10.0 Å². The highest BCUT2D eigenvalue weighted by Crippen LogP contribution is 2.30. The first-order valence-electron chi connectivity index (χ1n) is 6.83. The van der Waals surface area contributed by atoms with Crippen molar-refractivity contribution in [2.75, 3.05) is 16.6 Å². The third kappa shape index (κ3) is 3.20. The summed E-state index contributed by atoms with van der Waals surface area (Å²) in [5.41, 5.74) is 0.728. The smallest absolute Gasteiger partial charge is 0.235 e. The van der Waals surface area contributed by atoms with Gasteiger partial charge in [0.15, 0.2) is 5.78 Å². The van der Waals surface area contributed by atoms with Crippen molar-refractivity contribution in [3.63, 3.8) is 0 Å². The Hall–Kier alpha value is -1.36. The van der Waals surface area contributed by atoms with E-state index in [2.05, 4.69) is 0 Å². The van der Waals surface area contributed by atoms with Gasteiger partial charge in [-0.25, -0.2) is 8.42 Å². The summed E-state index contributed by atoms with van der Waals surface area (Å²) in [7, 11) is -3.42. The molecule has 0 saturated carbocycles. The molecule has 1 aromatic carbocycles. The van der Waals surface area contributed by atoms with Crippen LogP contribution in [0.2, 0.25) is 0 Å². The van der Waals surface area contributed by atoms with E-state index in [4.69, 9.17) is 0 Å². The largest absolute Gasteiger partial charge is 0.294 e. The Morgan fingerprint density at radius 3 is 2.50 bits per heavy atom. The van der Waals surface area contributed by atoms with Crippen LogP contribution in [0.4, 0.5) is 5.69 Å². The SMILES string of the molecule is CC(C)(C)CS(=O)(=O)N1CCCC(=O)c2ccccc21. The van der Waals surface area contributed by atoms with Gasteiger partial charge < -0.3 is 0 Å². The van der Waals surface area contributed by atoms with E-state index in [1.165, 1.54) is 4.31 Å². The molecule has 0 spiro atoms. The second-order valence-electron chi connectivity index (χ2n) is 6.43. The molecule has 0 aliphatic carbocycles. The molecule has 0 amide bonds.